The molecule has 0 amide bonds. The highest BCUT2D eigenvalue weighted by atomic mass is 16.5. The highest BCUT2D eigenvalue weighted by Gasteiger charge is 2.37. The number of hydrogen-bond acceptors (Lipinski definition) is 4. The van der Waals surface area contributed by atoms with Gasteiger partial charge in [0, 0.05) is 12.0 Å². The van der Waals surface area contributed by atoms with Crippen molar-refractivity contribution in [3.8, 4) is 12.3 Å². The van der Waals surface area contributed by atoms with Crippen LogP contribution >= 0.6 is 0 Å². The maximum absolute atomic E-state index is 9.96. The van der Waals surface area contributed by atoms with Crippen LogP contribution in [0.1, 0.15) is 23.7 Å². The molecule has 1 aliphatic heterocycles. The number of rotatable bonds is 2. The summed E-state index contributed by atoms with van der Waals surface area (Å²) in [5.74, 6) is 2.51. The van der Waals surface area contributed by atoms with Crippen molar-refractivity contribution in [1.82, 2.24) is 0 Å². The second kappa shape index (κ2) is 5.51. The Kier molecular flexibility index (Phi) is 4.00. The third-order valence-corrected chi connectivity index (χ3v) is 3.13. The van der Waals surface area contributed by atoms with Gasteiger partial charge < -0.3 is 20.1 Å². The molecule has 1 aromatic rings. The molecule has 0 spiro atoms. The van der Waals surface area contributed by atoms with E-state index >= 15 is 0 Å². The second-order valence-electron chi connectivity index (χ2n) is 4.42. The molecule has 96 valence electrons. The van der Waals surface area contributed by atoms with Crippen molar-refractivity contribution in [3.05, 3.63) is 35.4 Å². The molecule has 0 aliphatic carbocycles. The zero-order valence-corrected chi connectivity index (χ0v) is 9.86. The average molecular weight is 248 g/mol. The molecule has 3 N–H and O–H groups in total. The van der Waals surface area contributed by atoms with E-state index in [0.29, 0.717) is 11.1 Å². The number of aliphatic hydroxyl groups excluding tert-OH is 3. The lowest BCUT2D eigenvalue weighted by molar-refractivity contribution is -0.179. The highest BCUT2D eigenvalue weighted by molar-refractivity contribution is 5.36. The third kappa shape index (κ3) is 2.55. The van der Waals surface area contributed by atoms with Gasteiger partial charge >= 0.3 is 0 Å². The third-order valence-electron chi connectivity index (χ3n) is 3.13. The van der Waals surface area contributed by atoms with Gasteiger partial charge in [0.15, 0.2) is 0 Å². The molecule has 4 heteroatoms. The van der Waals surface area contributed by atoms with E-state index in [1.165, 1.54) is 0 Å². The molecule has 0 radical (unpaired) electrons. The van der Waals surface area contributed by atoms with E-state index in [0.717, 1.165) is 0 Å². The Morgan fingerprint density at radius 3 is 2.83 bits per heavy atom. The first-order chi connectivity index (χ1) is 8.65. The summed E-state index contributed by atoms with van der Waals surface area (Å²) in [6.07, 6.45) is 2.49. The van der Waals surface area contributed by atoms with Crippen molar-refractivity contribution in [2.24, 2.45) is 0 Å². The Labute approximate surface area is 106 Å². The van der Waals surface area contributed by atoms with E-state index in [-0.39, 0.29) is 13.0 Å². The lowest BCUT2D eigenvalue weighted by Gasteiger charge is -2.36. The Hall–Kier alpha value is -1.38. The molecule has 1 aromatic carbocycles. The molecule has 1 heterocycles. The molecule has 4 nitrogen and oxygen atoms in total. The molecular weight excluding hydrogens is 232 g/mol. The van der Waals surface area contributed by atoms with Crippen LogP contribution in [0.5, 0.6) is 0 Å². The van der Waals surface area contributed by atoms with E-state index in [1.807, 2.05) is 0 Å². The van der Waals surface area contributed by atoms with Gasteiger partial charge in [-0.15, -0.1) is 6.42 Å². The molecule has 1 aliphatic rings. The zero-order valence-electron chi connectivity index (χ0n) is 9.86. The van der Waals surface area contributed by atoms with Crippen molar-refractivity contribution in [1.29, 1.82) is 0 Å². The lowest BCUT2D eigenvalue weighted by Crippen LogP contribution is -2.44. The van der Waals surface area contributed by atoms with Crippen LogP contribution in [0.3, 0.4) is 0 Å². The standard InChI is InChI=1S/C14H16O4/c1-2-9-4-3-5-10(6-9)14-13(17)12(16)7-11(8-15)18-14/h1,3-6,11-17H,7-8H2. The van der Waals surface area contributed by atoms with Crippen molar-refractivity contribution >= 4 is 0 Å². The van der Waals surface area contributed by atoms with Crippen LogP contribution in [-0.2, 0) is 4.74 Å². The van der Waals surface area contributed by atoms with Crippen molar-refractivity contribution < 1.29 is 20.1 Å². The molecule has 0 bridgehead atoms. The summed E-state index contributed by atoms with van der Waals surface area (Å²) < 4.78 is 5.58. The van der Waals surface area contributed by atoms with Gasteiger partial charge in [-0.05, 0) is 17.7 Å². The van der Waals surface area contributed by atoms with E-state index in [9.17, 15) is 10.2 Å². The van der Waals surface area contributed by atoms with Gasteiger partial charge in [-0.25, -0.2) is 0 Å². The van der Waals surface area contributed by atoms with Gasteiger partial charge in [0.05, 0.1) is 18.8 Å². The first-order valence-electron chi connectivity index (χ1n) is 5.84. The van der Waals surface area contributed by atoms with Crippen LogP contribution in [0.4, 0.5) is 0 Å². The first kappa shape index (κ1) is 13.1. The SMILES string of the molecule is C#Cc1cccc(C2OC(CO)CC(O)C2O)c1. The molecular formula is C14H16O4. The smallest absolute Gasteiger partial charge is 0.111 e. The van der Waals surface area contributed by atoms with E-state index in [2.05, 4.69) is 5.92 Å². The maximum Gasteiger partial charge on any atom is 0.111 e. The number of benzene rings is 1. The largest absolute Gasteiger partial charge is 0.394 e. The maximum atomic E-state index is 9.96. The predicted molar refractivity (Wildman–Crippen MR) is 65.7 cm³/mol. The summed E-state index contributed by atoms with van der Waals surface area (Å²) in [6.45, 7) is -0.185. The molecule has 2 rings (SSSR count). The van der Waals surface area contributed by atoms with Crippen molar-refractivity contribution in [3.63, 3.8) is 0 Å². The Morgan fingerprint density at radius 2 is 2.17 bits per heavy atom. The van der Waals surface area contributed by atoms with Gasteiger partial charge in [0.1, 0.15) is 12.2 Å². The van der Waals surface area contributed by atoms with Crippen molar-refractivity contribution in [2.45, 2.75) is 30.8 Å². The summed E-state index contributed by atoms with van der Waals surface area (Å²) in [5, 5.41) is 28.8. The van der Waals surface area contributed by atoms with Gasteiger partial charge in [-0.3, -0.25) is 0 Å². The van der Waals surface area contributed by atoms with Crippen molar-refractivity contribution in [2.75, 3.05) is 6.61 Å². The Morgan fingerprint density at radius 1 is 1.39 bits per heavy atom. The Balaban J connectivity index is 2.26. The summed E-state index contributed by atoms with van der Waals surface area (Å²) in [7, 11) is 0. The minimum atomic E-state index is -1.01. The number of terminal acetylenes is 1. The second-order valence-corrected chi connectivity index (χ2v) is 4.42. The Bertz CT molecular complexity index is 451. The van der Waals surface area contributed by atoms with Crippen LogP contribution in [0.2, 0.25) is 0 Å². The number of hydrogen-bond donors (Lipinski definition) is 3. The highest BCUT2D eigenvalue weighted by Crippen LogP contribution is 2.32. The van der Waals surface area contributed by atoms with E-state index < -0.39 is 24.4 Å². The molecule has 18 heavy (non-hydrogen) atoms. The van der Waals surface area contributed by atoms with Gasteiger partial charge in [-0.1, -0.05) is 18.1 Å². The number of ether oxygens (including phenoxy) is 1. The first-order valence-corrected chi connectivity index (χ1v) is 5.84. The van der Waals surface area contributed by atoms with Crippen LogP contribution in [-0.4, -0.2) is 40.2 Å². The van der Waals surface area contributed by atoms with E-state index in [4.69, 9.17) is 16.3 Å². The number of aliphatic hydroxyl groups is 3. The molecule has 0 saturated carbocycles. The monoisotopic (exact) mass is 248 g/mol. The quantitative estimate of drug-likeness (QED) is 0.654. The fourth-order valence-electron chi connectivity index (χ4n) is 2.15. The zero-order chi connectivity index (χ0) is 13.1. The summed E-state index contributed by atoms with van der Waals surface area (Å²) in [4.78, 5) is 0. The van der Waals surface area contributed by atoms with Gasteiger partial charge in [0.2, 0.25) is 0 Å². The molecule has 1 fully saturated rings. The predicted octanol–water partition coefficient (Wildman–Crippen LogP) is 0.212. The van der Waals surface area contributed by atoms with E-state index in [1.54, 1.807) is 24.3 Å². The molecule has 4 unspecified atom stereocenters. The van der Waals surface area contributed by atoms with Crippen LogP contribution in [0.15, 0.2) is 24.3 Å². The van der Waals surface area contributed by atoms with Crippen LogP contribution in [0.25, 0.3) is 0 Å². The summed E-state index contributed by atoms with van der Waals surface area (Å²) >= 11 is 0. The normalized spacial score (nSPS) is 31.9. The minimum absolute atomic E-state index is 0.185. The van der Waals surface area contributed by atoms with Crippen LogP contribution in [0, 0.1) is 12.3 Å². The summed E-state index contributed by atoms with van der Waals surface area (Å²) in [6, 6.07) is 7.07. The van der Waals surface area contributed by atoms with Gasteiger partial charge in [-0.2, -0.15) is 0 Å². The topological polar surface area (TPSA) is 69.9 Å². The molecule has 4 atom stereocenters. The van der Waals surface area contributed by atoms with Gasteiger partial charge in [0.25, 0.3) is 0 Å². The molecule has 0 aromatic heterocycles. The fourth-order valence-corrected chi connectivity index (χ4v) is 2.15. The van der Waals surface area contributed by atoms with Crippen LogP contribution < -0.4 is 0 Å². The lowest BCUT2D eigenvalue weighted by atomic mass is 9.92. The summed E-state index contributed by atoms with van der Waals surface area (Å²) in [5.41, 5.74) is 1.39. The average Bonchev–Trinajstić information content (AvgIpc) is 2.41. The molecule has 1 saturated heterocycles. The fraction of sp³-hybridized carbons (Fsp3) is 0.429. The minimum Gasteiger partial charge on any atom is -0.394 e.